The van der Waals surface area contributed by atoms with E-state index in [2.05, 4.69) is 5.32 Å². The van der Waals surface area contributed by atoms with Crippen LogP contribution in [0.15, 0.2) is 18.2 Å². The highest BCUT2D eigenvalue weighted by Gasteiger charge is 2.21. The van der Waals surface area contributed by atoms with E-state index in [1.807, 2.05) is 32.0 Å². The van der Waals surface area contributed by atoms with Crippen LogP contribution >= 0.6 is 0 Å². The van der Waals surface area contributed by atoms with Crippen molar-refractivity contribution in [2.24, 2.45) is 0 Å². The van der Waals surface area contributed by atoms with Gasteiger partial charge in [0.25, 0.3) is 0 Å². The Kier molecular flexibility index (Phi) is 5.16. The molecule has 0 aliphatic rings. The summed E-state index contributed by atoms with van der Waals surface area (Å²) in [6, 6.07) is 5.89. The maximum atomic E-state index is 12.2. The summed E-state index contributed by atoms with van der Waals surface area (Å²) in [5.41, 5.74) is 2.87. The standard InChI is InChI=1S/C13H22N2O2S/c1-5-12-8-6-7-11(2)13(12)15(4)18(16,17)10-9-14-3/h6-8,14H,5,9-10H2,1-4H3. The van der Waals surface area contributed by atoms with Gasteiger partial charge in [0.2, 0.25) is 10.0 Å². The maximum absolute atomic E-state index is 12.2. The van der Waals surface area contributed by atoms with E-state index in [-0.39, 0.29) is 5.75 Å². The van der Waals surface area contributed by atoms with Crippen molar-refractivity contribution in [2.45, 2.75) is 20.3 Å². The Hall–Kier alpha value is -1.07. The molecule has 0 aliphatic heterocycles. The average molecular weight is 270 g/mol. The number of nitrogens with zero attached hydrogens (tertiary/aromatic N) is 1. The molecule has 0 unspecified atom stereocenters. The van der Waals surface area contributed by atoms with Crippen molar-refractivity contribution in [3.05, 3.63) is 29.3 Å². The number of hydrogen-bond donors (Lipinski definition) is 1. The minimum atomic E-state index is -3.26. The van der Waals surface area contributed by atoms with Crippen molar-refractivity contribution in [2.75, 3.05) is 30.7 Å². The summed E-state index contributed by atoms with van der Waals surface area (Å²) in [4.78, 5) is 0. The number of sulfonamides is 1. The fraction of sp³-hybridized carbons (Fsp3) is 0.538. The van der Waals surface area contributed by atoms with Crippen LogP contribution in [-0.2, 0) is 16.4 Å². The molecule has 1 aromatic carbocycles. The van der Waals surface area contributed by atoms with Gasteiger partial charge in [-0.25, -0.2) is 8.42 Å². The summed E-state index contributed by atoms with van der Waals surface area (Å²) in [5, 5.41) is 2.87. The van der Waals surface area contributed by atoms with Gasteiger partial charge < -0.3 is 5.32 Å². The molecule has 1 N–H and O–H groups in total. The predicted molar refractivity (Wildman–Crippen MR) is 76.7 cm³/mol. The molecule has 0 fully saturated rings. The number of rotatable bonds is 6. The van der Waals surface area contributed by atoms with Crippen molar-refractivity contribution < 1.29 is 8.42 Å². The molecule has 18 heavy (non-hydrogen) atoms. The van der Waals surface area contributed by atoms with E-state index in [9.17, 15) is 8.42 Å². The SMILES string of the molecule is CCc1cccc(C)c1N(C)S(=O)(=O)CCNC. The highest BCUT2D eigenvalue weighted by molar-refractivity contribution is 7.92. The molecule has 5 heteroatoms. The second-order valence-corrected chi connectivity index (χ2v) is 6.44. The predicted octanol–water partition coefficient (Wildman–Crippen LogP) is 1.54. The molecule has 0 saturated heterocycles. The lowest BCUT2D eigenvalue weighted by Gasteiger charge is -2.24. The zero-order chi connectivity index (χ0) is 13.8. The topological polar surface area (TPSA) is 49.4 Å². The highest BCUT2D eigenvalue weighted by Crippen LogP contribution is 2.26. The number of para-hydroxylation sites is 1. The lowest BCUT2D eigenvalue weighted by atomic mass is 10.1. The third-order valence-electron chi connectivity index (χ3n) is 3.04. The molecule has 1 rings (SSSR count). The van der Waals surface area contributed by atoms with Crippen molar-refractivity contribution in [1.82, 2.24) is 5.32 Å². The van der Waals surface area contributed by atoms with E-state index >= 15 is 0 Å². The van der Waals surface area contributed by atoms with E-state index < -0.39 is 10.0 Å². The Morgan fingerprint density at radius 1 is 1.33 bits per heavy atom. The van der Waals surface area contributed by atoms with Crippen LogP contribution in [0.4, 0.5) is 5.69 Å². The minimum absolute atomic E-state index is 0.109. The molecule has 0 amide bonds. The summed E-state index contributed by atoms with van der Waals surface area (Å²) >= 11 is 0. The second kappa shape index (κ2) is 6.20. The first-order valence-corrected chi connectivity index (χ1v) is 7.74. The van der Waals surface area contributed by atoms with E-state index in [1.165, 1.54) is 4.31 Å². The van der Waals surface area contributed by atoms with E-state index in [4.69, 9.17) is 0 Å². The molecule has 0 saturated carbocycles. The molecule has 0 aromatic heterocycles. The molecular formula is C13H22N2O2S. The Morgan fingerprint density at radius 2 is 2.00 bits per heavy atom. The third kappa shape index (κ3) is 3.23. The maximum Gasteiger partial charge on any atom is 0.236 e. The molecule has 0 radical (unpaired) electrons. The van der Waals surface area contributed by atoms with Gasteiger partial charge in [-0.3, -0.25) is 4.31 Å². The van der Waals surface area contributed by atoms with Crippen LogP contribution in [0.25, 0.3) is 0 Å². The van der Waals surface area contributed by atoms with Crippen LogP contribution < -0.4 is 9.62 Å². The van der Waals surface area contributed by atoms with E-state index in [0.717, 1.165) is 23.2 Å². The fourth-order valence-electron chi connectivity index (χ4n) is 1.96. The highest BCUT2D eigenvalue weighted by atomic mass is 32.2. The van der Waals surface area contributed by atoms with Crippen molar-refractivity contribution in [1.29, 1.82) is 0 Å². The van der Waals surface area contributed by atoms with Gasteiger partial charge in [-0.2, -0.15) is 0 Å². The summed E-state index contributed by atoms with van der Waals surface area (Å²) in [5.74, 6) is 0.109. The molecule has 0 aliphatic carbocycles. The molecule has 0 bridgehead atoms. The van der Waals surface area contributed by atoms with Gasteiger partial charge in [0, 0.05) is 13.6 Å². The zero-order valence-corrected chi connectivity index (χ0v) is 12.3. The first-order chi connectivity index (χ1) is 8.44. The monoisotopic (exact) mass is 270 g/mol. The largest absolute Gasteiger partial charge is 0.319 e. The summed E-state index contributed by atoms with van der Waals surface area (Å²) in [6.07, 6.45) is 0.822. The lowest BCUT2D eigenvalue weighted by Crippen LogP contribution is -2.33. The summed E-state index contributed by atoms with van der Waals surface area (Å²) in [6.45, 7) is 4.44. The van der Waals surface area contributed by atoms with Crippen LogP contribution in [0.5, 0.6) is 0 Å². The summed E-state index contributed by atoms with van der Waals surface area (Å²) < 4.78 is 25.8. The van der Waals surface area contributed by atoms with Crippen LogP contribution in [0.1, 0.15) is 18.1 Å². The zero-order valence-electron chi connectivity index (χ0n) is 11.5. The molecule has 102 valence electrons. The van der Waals surface area contributed by atoms with Gasteiger partial charge in [0.1, 0.15) is 0 Å². The number of hydrogen-bond acceptors (Lipinski definition) is 3. The third-order valence-corrected chi connectivity index (χ3v) is 4.78. The van der Waals surface area contributed by atoms with Crippen LogP contribution in [0, 0.1) is 6.92 Å². The molecule has 4 nitrogen and oxygen atoms in total. The molecule has 0 spiro atoms. The number of benzene rings is 1. The van der Waals surface area contributed by atoms with Crippen LogP contribution in [0.3, 0.4) is 0 Å². The van der Waals surface area contributed by atoms with Crippen molar-refractivity contribution >= 4 is 15.7 Å². The average Bonchev–Trinajstić information content (AvgIpc) is 2.35. The quantitative estimate of drug-likeness (QED) is 0.853. The van der Waals surface area contributed by atoms with Crippen molar-refractivity contribution in [3.63, 3.8) is 0 Å². The number of aryl methyl sites for hydroxylation is 2. The first kappa shape index (κ1) is 15.0. The molecule has 1 aromatic rings. The Bertz CT molecular complexity index is 498. The normalized spacial score (nSPS) is 11.6. The Labute approximate surface area is 110 Å². The van der Waals surface area contributed by atoms with Gasteiger partial charge in [0.15, 0.2) is 0 Å². The van der Waals surface area contributed by atoms with E-state index in [1.54, 1.807) is 14.1 Å². The fourth-order valence-corrected chi connectivity index (χ4v) is 3.24. The smallest absolute Gasteiger partial charge is 0.236 e. The molecule has 0 heterocycles. The Morgan fingerprint density at radius 3 is 2.56 bits per heavy atom. The second-order valence-electron chi connectivity index (χ2n) is 4.32. The lowest BCUT2D eigenvalue weighted by molar-refractivity contribution is 0.591. The first-order valence-electron chi connectivity index (χ1n) is 6.13. The van der Waals surface area contributed by atoms with Gasteiger partial charge in [-0.1, -0.05) is 25.1 Å². The van der Waals surface area contributed by atoms with E-state index in [0.29, 0.717) is 6.54 Å². The van der Waals surface area contributed by atoms with Gasteiger partial charge in [-0.05, 0) is 31.5 Å². The van der Waals surface area contributed by atoms with Crippen LogP contribution in [-0.4, -0.2) is 34.8 Å². The van der Waals surface area contributed by atoms with Crippen molar-refractivity contribution in [3.8, 4) is 0 Å². The number of nitrogens with one attached hydrogen (secondary N) is 1. The van der Waals surface area contributed by atoms with Crippen LogP contribution in [0.2, 0.25) is 0 Å². The minimum Gasteiger partial charge on any atom is -0.319 e. The Balaban J connectivity index is 3.14. The van der Waals surface area contributed by atoms with Gasteiger partial charge in [0.05, 0.1) is 11.4 Å². The molecule has 0 atom stereocenters. The summed E-state index contributed by atoms with van der Waals surface area (Å²) in [7, 11) is 0.122. The molecular weight excluding hydrogens is 248 g/mol. The van der Waals surface area contributed by atoms with Gasteiger partial charge in [-0.15, -0.1) is 0 Å². The van der Waals surface area contributed by atoms with Gasteiger partial charge >= 0.3 is 0 Å². The number of anilines is 1.